The van der Waals surface area contributed by atoms with Gasteiger partial charge in [0.2, 0.25) is 5.91 Å². The zero-order chi connectivity index (χ0) is 20.1. The van der Waals surface area contributed by atoms with E-state index in [1.54, 1.807) is 23.5 Å². The van der Waals surface area contributed by atoms with E-state index in [0.717, 1.165) is 24.3 Å². The summed E-state index contributed by atoms with van der Waals surface area (Å²) in [7, 11) is 0. The van der Waals surface area contributed by atoms with Crippen LogP contribution < -0.4 is 15.8 Å². The number of halogens is 1. The van der Waals surface area contributed by atoms with E-state index in [2.05, 4.69) is 33.0 Å². The predicted octanol–water partition coefficient (Wildman–Crippen LogP) is 3.10. The second-order valence-corrected chi connectivity index (χ2v) is 7.47. The fraction of sp³-hybridized carbons (Fsp3) is 0.227. The van der Waals surface area contributed by atoms with Crippen LogP contribution in [0, 0.1) is 0 Å². The maximum absolute atomic E-state index is 13.1. The van der Waals surface area contributed by atoms with Crippen molar-refractivity contribution >= 4 is 23.2 Å². The summed E-state index contributed by atoms with van der Waals surface area (Å²) in [6.45, 7) is 2.24. The number of hydrogen-bond donors (Lipinski definition) is 2. The number of aromatic nitrogens is 2. The first kappa shape index (κ1) is 19.5. The molecule has 1 amide bonds. The molecular formula is C22H22ClN5O. The second kappa shape index (κ2) is 9.13. The number of rotatable bonds is 6. The van der Waals surface area contributed by atoms with Gasteiger partial charge in [0, 0.05) is 48.3 Å². The fourth-order valence-corrected chi connectivity index (χ4v) is 3.65. The third-order valence-corrected chi connectivity index (χ3v) is 5.21. The van der Waals surface area contributed by atoms with Gasteiger partial charge < -0.3 is 4.90 Å². The molecule has 1 aliphatic heterocycles. The highest BCUT2D eigenvalue weighted by Crippen LogP contribution is 2.24. The van der Waals surface area contributed by atoms with Crippen molar-refractivity contribution in [2.24, 2.45) is 0 Å². The molecule has 4 rings (SSSR count). The van der Waals surface area contributed by atoms with Gasteiger partial charge in [-0.3, -0.25) is 25.6 Å². The van der Waals surface area contributed by atoms with E-state index in [0.29, 0.717) is 23.2 Å². The van der Waals surface area contributed by atoms with E-state index >= 15 is 0 Å². The summed E-state index contributed by atoms with van der Waals surface area (Å²) in [4.78, 5) is 23.2. The Labute approximate surface area is 174 Å². The SMILES string of the molecule is O=C(Cc1cnccn1)N(Cc1cccc(Cl)c1)c1ccc(C2CNNC2)cc1. The summed E-state index contributed by atoms with van der Waals surface area (Å²) in [5.41, 5.74) is 10.0. The molecule has 0 bridgehead atoms. The molecular weight excluding hydrogens is 386 g/mol. The van der Waals surface area contributed by atoms with Crippen LogP contribution in [-0.4, -0.2) is 29.0 Å². The highest BCUT2D eigenvalue weighted by molar-refractivity contribution is 6.30. The van der Waals surface area contributed by atoms with Crippen LogP contribution in [0.2, 0.25) is 5.02 Å². The smallest absolute Gasteiger partial charge is 0.233 e. The fourth-order valence-electron chi connectivity index (χ4n) is 3.44. The summed E-state index contributed by atoms with van der Waals surface area (Å²) >= 11 is 6.14. The molecule has 2 aromatic carbocycles. The van der Waals surface area contributed by atoms with E-state index < -0.39 is 0 Å². The van der Waals surface area contributed by atoms with Crippen molar-refractivity contribution in [1.29, 1.82) is 0 Å². The number of hydrazine groups is 1. The third-order valence-electron chi connectivity index (χ3n) is 4.98. The summed E-state index contributed by atoms with van der Waals surface area (Å²) in [6, 6.07) is 15.8. The summed E-state index contributed by atoms with van der Waals surface area (Å²) in [5.74, 6) is 0.392. The second-order valence-electron chi connectivity index (χ2n) is 7.03. The molecule has 0 atom stereocenters. The van der Waals surface area contributed by atoms with E-state index in [-0.39, 0.29) is 12.3 Å². The Bertz CT molecular complexity index is 958. The van der Waals surface area contributed by atoms with Crippen LogP contribution >= 0.6 is 11.6 Å². The molecule has 0 aliphatic carbocycles. The molecule has 29 heavy (non-hydrogen) atoms. The van der Waals surface area contributed by atoms with Crippen molar-refractivity contribution in [1.82, 2.24) is 20.8 Å². The lowest BCUT2D eigenvalue weighted by Gasteiger charge is -2.24. The number of hydrogen-bond acceptors (Lipinski definition) is 5. The standard InChI is InChI=1S/C22H22ClN5O/c23-19-3-1-2-16(10-19)15-28(22(29)11-20-14-24-8-9-25-20)21-6-4-17(5-7-21)18-12-26-27-13-18/h1-10,14,18,26-27H,11-13,15H2. The van der Waals surface area contributed by atoms with E-state index in [1.807, 2.05) is 36.4 Å². The van der Waals surface area contributed by atoms with Gasteiger partial charge in [-0.1, -0.05) is 35.9 Å². The van der Waals surface area contributed by atoms with Crippen LogP contribution in [0.4, 0.5) is 5.69 Å². The highest BCUT2D eigenvalue weighted by Gasteiger charge is 2.20. The summed E-state index contributed by atoms with van der Waals surface area (Å²) in [6.07, 6.45) is 5.01. The molecule has 0 spiro atoms. The van der Waals surface area contributed by atoms with Gasteiger partial charge in [0.1, 0.15) is 0 Å². The number of anilines is 1. The van der Waals surface area contributed by atoms with Gasteiger partial charge in [-0.2, -0.15) is 0 Å². The lowest BCUT2D eigenvalue weighted by atomic mass is 10.00. The predicted molar refractivity (Wildman–Crippen MR) is 114 cm³/mol. The number of amides is 1. The van der Waals surface area contributed by atoms with Gasteiger partial charge in [-0.25, -0.2) is 0 Å². The van der Waals surface area contributed by atoms with Crippen LogP contribution in [0.25, 0.3) is 0 Å². The topological polar surface area (TPSA) is 70.2 Å². The first-order valence-corrected chi connectivity index (χ1v) is 9.92. The lowest BCUT2D eigenvalue weighted by molar-refractivity contribution is -0.118. The first-order chi connectivity index (χ1) is 14.2. The number of benzene rings is 2. The molecule has 1 fully saturated rings. The molecule has 1 aliphatic rings. The highest BCUT2D eigenvalue weighted by atomic mass is 35.5. The Hall–Kier alpha value is -2.80. The van der Waals surface area contributed by atoms with Gasteiger partial charge in [-0.05, 0) is 35.4 Å². The van der Waals surface area contributed by atoms with Gasteiger partial charge >= 0.3 is 0 Å². The Morgan fingerprint density at radius 1 is 1.10 bits per heavy atom. The molecule has 3 aromatic rings. The van der Waals surface area contributed by atoms with Crippen molar-refractivity contribution in [3.8, 4) is 0 Å². The van der Waals surface area contributed by atoms with E-state index in [9.17, 15) is 4.79 Å². The number of nitrogens with one attached hydrogen (secondary N) is 2. The maximum Gasteiger partial charge on any atom is 0.233 e. The molecule has 0 unspecified atom stereocenters. The maximum atomic E-state index is 13.1. The van der Waals surface area contributed by atoms with Crippen molar-refractivity contribution in [3.63, 3.8) is 0 Å². The van der Waals surface area contributed by atoms with Crippen LogP contribution in [0.1, 0.15) is 22.7 Å². The van der Waals surface area contributed by atoms with Gasteiger partial charge in [0.25, 0.3) is 0 Å². The summed E-state index contributed by atoms with van der Waals surface area (Å²) in [5, 5.41) is 0.653. The average Bonchev–Trinajstić information content (AvgIpc) is 3.28. The molecule has 0 saturated carbocycles. The quantitative estimate of drug-likeness (QED) is 0.657. The number of carbonyl (C=O) groups is 1. The molecule has 1 saturated heterocycles. The molecule has 2 heterocycles. The van der Waals surface area contributed by atoms with Crippen molar-refractivity contribution in [2.45, 2.75) is 18.9 Å². The monoisotopic (exact) mass is 407 g/mol. The molecule has 2 N–H and O–H groups in total. The van der Waals surface area contributed by atoms with E-state index in [4.69, 9.17) is 11.6 Å². The van der Waals surface area contributed by atoms with Crippen molar-refractivity contribution in [3.05, 3.63) is 89.0 Å². The zero-order valence-electron chi connectivity index (χ0n) is 15.9. The van der Waals surface area contributed by atoms with Crippen LogP contribution in [0.3, 0.4) is 0 Å². The third kappa shape index (κ3) is 4.98. The first-order valence-electron chi connectivity index (χ1n) is 9.54. The molecule has 6 nitrogen and oxygen atoms in total. The van der Waals surface area contributed by atoms with E-state index in [1.165, 1.54) is 5.56 Å². The Morgan fingerprint density at radius 2 is 1.90 bits per heavy atom. The van der Waals surface area contributed by atoms with Crippen LogP contribution in [0.5, 0.6) is 0 Å². The van der Waals surface area contributed by atoms with Crippen molar-refractivity contribution < 1.29 is 4.79 Å². The van der Waals surface area contributed by atoms with Crippen molar-refractivity contribution in [2.75, 3.05) is 18.0 Å². The summed E-state index contributed by atoms with van der Waals surface area (Å²) < 4.78 is 0. The molecule has 0 radical (unpaired) electrons. The number of nitrogens with zero attached hydrogens (tertiary/aromatic N) is 3. The molecule has 148 valence electrons. The lowest BCUT2D eigenvalue weighted by Crippen LogP contribution is -2.32. The normalized spacial score (nSPS) is 14.1. The minimum Gasteiger partial charge on any atom is -0.308 e. The largest absolute Gasteiger partial charge is 0.308 e. The Kier molecular flexibility index (Phi) is 6.14. The minimum absolute atomic E-state index is 0.0394. The van der Waals surface area contributed by atoms with Crippen LogP contribution in [0.15, 0.2) is 67.1 Å². The Balaban J connectivity index is 1.59. The molecule has 1 aromatic heterocycles. The van der Waals surface area contributed by atoms with Gasteiger partial charge in [0.05, 0.1) is 18.7 Å². The zero-order valence-corrected chi connectivity index (χ0v) is 16.6. The number of carbonyl (C=O) groups excluding carboxylic acids is 1. The Morgan fingerprint density at radius 3 is 2.59 bits per heavy atom. The van der Waals surface area contributed by atoms with Crippen LogP contribution in [-0.2, 0) is 17.8 Å². The average molecular weight is 408 g/mol. The molecule has 7 heteroatoms. The van der Waals surface area contributed by atoms with Gasteiger partial charge in [-0.15, -0.1) is 0 Å². The minimum atomic E-state index is -0.0394. The van der Waals surface area contributed by atoms with Gasteiger partial charge in [0.15, 0.2) is 0 Å².